The fraction of sp³-hybridized carbons (Fsp3) is 0.182. The molecule has 0 bridgehead atoms. The van der Waals surface area contributed by atoms with Gasteiger partial charge < -0.3 is 10.2 Å². The topological polar surface area (TPSA) is 88.4 Å². The highest BCUT2D eigenvalue weighted by Gasteiger charge is 2.21. The summed E-state index contributed by atoms with van der Waals surface area (Å²) in [6, 6.07) is 17.4. The number of pyridine rings is 1. The van der Waals surface area contributed by atoms with Gasteiger partial charge in [0.15, 0.2) is 0 Å². The summed E-state index contributed by atoms with van der Waals surface area (Å²) in [5.74, 6) is -0.293. The Hall–Kier alpha value is -3.26. The maximum atomic E-state index is 12.8. The molecule has 0 saturated carbocycles. The Morgan fingerprint density at radius 1 is 1.20 bits per heavy atom. The Bertz CT molecular complexity index is 1060. The lowest BCUT2D eigenvalue weighted by molar-refractivity contribution is -0.384. The Morgan fingerprint density at radius 2 is 1.93 bits per heavy atom. The van der Waals surface area contributed by atoms with Gasteiger partial charge >= 0.3 is 0 Å². The highest BCUT2D eigenvalue weighted by molar-refractivity contribution is 9.10. The van der Waals surface area contributed by atoms with E-state index in [0.29, 0.717) is 12.2 Å². The van der Waals surface area contributed by atoms with Crippen LogP contribution < -0.4 is 5.32 Å². The SMILES string of the molecule is CC(Nc1ccc(C(=O)N(C)Cc2ccccc2Br)cc1[N+](=O)[O-])c1ccccn1. The third-order valence-electron chi connectivity index (χ3n) is 4.66. The van der Waals surface area contributed by atoms with E-state index in [4.69, 9.17) is 0 Å². The molecule has 7 nitrogen and oxygen atoms in total. The predicted octanol–water partition coefficient (Wildman–Crippen LogP) is 5.20. The molecule has 0 saturated heterocycles. The van der Waals surface area contributed by atoms with Crippen LogP contribution in [0.2, 0.25) is 0 Å². The van der Waals surface area contributed by atoms with Gasteiger partial charge in [-0.1, -0.05) is 40.2 Å². The third kappa shape index (κ3) is 5.01. The van der Waals surface area contributed by atoms with Crippen LogP contribution in [0.5, 0.6) is 0 Å². The van der Waals surface area contributed by atoms with E-state index in [9.17, 15) is 14.9 Å². The van der Waals surface area contributed by atoms with Crippen molar-refractivity contribution in [1.29, 1.82) is 0 Å². The number of anilines is 1. The molecule has 154 valence electrons. The number of nitro benzene ring substituents is 1. The van der Waals surface area contributed by atoms with Crippen LogP contribution in [0.15, 0.2) is 71.3 Å². The van der Waals surface area contributed by atoms with E-state index in [1.165, 1.54) is 11.0 Å². The molecule has 0 spiro atoms. The predicted molar refractivity (Wildman–Crippen MR) is 119 cm³/mol. The summed E-state index contributed by atoms with van der Waals surface area (Å²) in [6.45, 7) is 2.25. The number of halogens is 1. The quantitative estimate of drug-likeness (QED) is 0.380. The number of nitro groups is 1. The van der Waals surface area contributed by atoms with E-state index in [1.807, 2.05) is 49.4 Å². The molecule has 1 aromatic heterocycles. The van der Waals surface area contributed by atoms with Crippen molar-refractivity contribution < 1.29 is 9.72 Å². The van der Waals surface area contributed by atoms with Gasteiger partial charge in [0, 0.05) is 35.9 Å². The van der Waals surface area contributed by atoms with Gasteiger partial charge in [-0.25, -0.2) is 0 Å². The second kappa shape index (κ2) is 9.49. The van der Waals surface area contributed by atoms with Gasteiger partial charge in [-0.3, -0.25) is 19.9 Å². The van der Waals surface area contributed by atoms with E-state index in [1.54, 1.807) is 25.4 Å². The summed E-state index contributed by atoms with van der Waals surface area (Å²) < 4.78 is 0.902. The van der Waals surface area contributed by atoms with Gasteiger partial charge in [0.1, 0.15) is 5.69 Å². The minimum Gasteiger partial charge on any atom is -0.371 e. The van der Waals surface area contributed by atoms with Gasteiger partial charge in [-0.15, -0.1) is 0 Å². The number of amides is 1. The molecule has 0 fully saturated rings. The van der Waals surface area contributed by atoms with Crippen LogP contribution in [0.1, 0.15) is 34.6 Å². The standard InChI is InChI=1S/C22H21BrN4O3/c1-15(19-9-5-6-12-24-19)25-20-11-10-16(13-21(20)27(29)30)22(28)26(2)14-17-7-3-4-8-18(17)23/h3-13,15,25H,14H2,1-2H3. The highest BCUT2D eigenvalue weighted by atomic mass is 79.9. The van der Waals surface area contributed by atoms with Crippen LogP contribution >= 0.6 is 15.9 Å². The molecule has 0 aliphatic rings. The van der Waals surface area contributed by atoms with Crippen LogP contribution in [0, 0.1) is 10.1 Å². The van der Waals surface area contributed by atoms with Crippen LogP contribution in [-0.4, -0.2) is 27.8 Å². The first-order valence-corrected chi connectivity index (χ1v) is 10.1. The summed E-state index contributed by atoms with van der Waals surface area (Å²) in [5.41, 5.74) is 2.15. The van der Waals surface area contributed by atoms with Gasteiger partial charge in [-0.05, 0) is 42.8 Å². The van der Waals surface area contributed by atoms with E-state index in [0.717, 1.165) is 15.7 Å². The minimum absolute atomic E-state index is 0.155. The number of benzene rings is 2. The summed E-state index contributed by atoms with van der Waals surface area (Å²) >= 11 is 3.47. The maximum absolute atomic E-state index is 12.8. The zero-order valence-electron chi connectivity index (χ0n) is 16.6. The van der Waals surface area contributed by atoms with Gasteiger partial charge in [-0.2, -0.15) is 0 Å². The van der Waals surface area contributed by atoms with Crippen molar-refractivity contribution in [3.63, 3.8) is 0 Å². The lowest BCUT2D eigenvalue weighted by Crippen LogP contribution is -2.26. The van der Waals surface area contributed by atoms with Crippen molar-refractivity contribution in [2.45, 2.75) is 19.5 Å². The maximum Gasteiger partial charge on any atom is 0.293 e. The number of hydrogen-bond donors (Lipinski definition) is 1. The molecule has 3 rings (SSSR count). The summed E-state index contributed by atoms with van der Waals surface area (Å²) in [4.78, 5) is 29.8. The number of rotatable bonds is 7. The van der Waals surface area contributed by atoms with Crippen LogP contribution in [0.3, 0.4) is 0 Å². The first-order chi connectivity index (χ1) is 14.4. The molecule has 1 amide bonds. The summed E-state index contributed by atoms with van der Waals surface area (Å²) in [6.07, 6.45) is 1.67. The van der Waals surface area contributed by atoms with Crippen LogP contribution in [0.25, 0.3) is 0 Å². The molecule has 1 atom stereocenters. The molecule has 8 heteroatoms. The smallest absolute Gasteiger partial charge is 0.293 e. The van der Waals surface area contributed by atoms with Crippen molar-refractivity contribution in [1.82, 2.24) is 9.88 Å². The molecule has 30 heavy (non-hydrogen) atoms. The van der Waals surface area contributed by atoms with E-state index in [-0.39, 0.29) is 23.2 Å². The molecule has 3 aromatic rings. The summed E-state index contributed by atoms with van der Waals surface area (Å²) in [5, 5.41) is 14.8. The van der Waals surface area contributed by atoms with Gasteiger partial charge in [0.05, 0.1) is 16.7 Å². The lowest BCUT2D eigenvalue weighted by atomic mass is 10.1. The molecule has 0 radical (unpaired) electrons. The zero-order valence-corrected chi connectivity index (χ0v) is 18.2. The minimum atomic E-state index is -0.488. The zero-order chi connectivity index (χ0) is 21.7. The van der Waals surface area contributed by atoms with Crippen LogP contribution in [-0.2, 0) is 6.54 Å². The number of aromatic nitrogens is 1. The molecule has 0 aliphatic heterocycles. The number of carbonyl (C=O) groups is 1. The van der Waals surface area contributed by atoms with Gasteiger partial charge in [0.25, 0.3) is 11.6 Å². The number of nitrogens with zero attached hydrogens (tertiary/aromatic N) is 3. The molecule has 1 unspecified atom stereocenters. The fourth-order valence-electron chi connectivity index (χ4n) is 3.05. The monoisotopic (exact) mass is 468 g/mol. The van der Waals surface area contributed by atoms with E-state index < -0.39 is 4.92 Å². The normalized spacial score (nSPS) is 11.6. The fourth-order valence-corrected chi connectivity index (χ4v) is 3.46. The summed E-state index contributed by atoms with van der Waals surface area (Å²) in [7, 11) is 1.67. The van der Waals surface area contributed by atoms with Crippen LogP contribution in [0.4, 0.5) is 11.4 Å². The van der Waals surface area contributed by atoms with Crippen molar-refractivity contribution >= 4 is 33.2 Å². The number of carbonyl (C=O) groups excluding carboxylic acids is 1. The molecule has 1 N–H and O–H groups in total. The third-order valence-corrected chi connectivity index (χ3v) is 5.43. The molecule has 2 aromatic carbocycles. The molecule has 1 heterocycles. The molecular weight excluding hydrogens is 448 g/mol. The Morgan fingerprint density at radius 3 is 2.60 bits per heavy atom. The first kappa shape index (κ1) is 21.4. The second-order valence-corrected chi connectivity index (χ2v) is 7.72. The van der Waals surface area contributed by atoms with Crippen molar-refractivity contribution in [2.24, 2.45) is 0 Å². The highest BCUT2D eigenvalue weighted by Crippen LogP contribution is 2.29. The van der Waals surface area contributed by atoms with E-state index >= 15 is 0 Å². The second-order valence-electron chi connectivity index (χ2n) is 6.86. The Labute approximate surface area is 183 Å². The average molecular weight is 469 g/mol. The van der Waals surface area contributed by atoms with Crippen molar-refractivity contribution in [2.75, 3.05) is 12.4 Å². The molecular formula is C22H21BrN4O3. The van der Waals surface area contributed by atoms with E-state index in [2.05, 4.69) is 26.2 Å². The first-order valence-electron chi connectivity index (χ1n) is 9.31. The molecule has 0 aliphatic carbocycles. The lowest BCUT2D eigenvalue weighted by Gasteiger charge is -2.19. The van der Waals surface area contributed by atoms with Crippen molar-refractivity contribution in [3.05, 3.63) is 98.3 Å². The average Bonchev–Trinajstić information content (AvgIpc) is 2.75. The Kier molecular flexibility index (Phi) is 6.79. The Balaban J connectivity index is 1.81. The number of nitrogens with one attached hydrogen (secondary N) is 1. The van der Waals surface area contributed by atoms with Gasteiger partial charge in [0.2, 0.25) is 0 Å². The largest absolute Gasteiger partial charge is 0.371 e. The van der Waals surface area contributed by atoms with Crippen molar-refractivity contribution in [3.8, 4) is 0 Å². The number of hydrogen-bond acceptors (Lipinski definition) is 5.